The minimum atomic E-state index is -0.150. The normalized spacial score (nSPS) is 9.85. The van der Waals surface area contributed by atoms with E-state index >= 15 is 0 Å². The molecule has 0 radical (unpaired) electrons. The zero-order chi connectivity index (χ0) is 14.5. The van der Waals surface area contributed by atoms with Crippen molar-refractivity contribution in [1.29, 1.82) is 5.26 Å². The largest absolute Gasteiger partial charge is 0.348 e. The summed E-state index contributed by atoms with van der Waals surface area (Å²) in [5.74, 6) is -0.150. The third-order valence-electron chi connectivity index (χ3n) is 2.71. The molecule has 0 aliphatic rings. The zero-order valence-electron chi connectivity index (χ0n) is 10.4. The Morgan fingerprint density at radius 2 is 1.85 bits per heavy atom. The maximum absolute atomic E-state index is 12.1. The maximum Gasteiger partial charge on any atom is 0.252 e. The molecule has 0 spiro atoms. The Morgan fingerprint density at radius 1 is 1.15 bits per heavy atom. The van der Waals surface area contributed by atoms with E-state index in [2.05, 4.69) is 43.2 Å². The highest BCUT2D eigenvalue weighted by Gasteiger charge is 2.10. The average Bonchev–Trinajstić information content (AvgIpc) is 2.47. The van der Waals surface area contributed by atoms with Gasteiger partial charge >= 0.3 is 0 Å². The van der Waals surface area contributed by atoms with Crippen molar-refractivity contribution < 1.29 is 4.79 Å². The molecule has 2 rings (SSSR count). The molecule has 0 fully saturated rings. The summed E-state index contributed by atoms with van der Waals surface area (Å²) in [6.45, 7) is 0.420. The Balaban J connectivity index is 2.04. The van der Waals surface area contributed by atoms with Crippen LogP contribution in [0.5, 0.6) is 0 Å². The van der Waals surface area contributed by atoms with E-state index < -0.39 is 0 Å². The van der Waals surface area contributed by atoms with Gasteiger partial charge in [-0.05, 0) is 51.8 Å². The molecular formula is C15H10Br2N2O. The topological polar surface area (TPSA) is 52.9 Å². The van der Waals surface area contributed by atoms with Crippen LogP contribution in [-0.2, 0) is 6.54 Å². The molecule has 0 aliphatic heterocycles. The molecule has 100 valence electrons. The Labute approximate surface area is 133 Å². The Kier molecular flexibility index (Phi) is 4.94. The monoisotopic (exact) mass is 392 g/mol. The van der Waals surface area contributed by atoms with Gasteiger partial charge in [0.2, 0.25) is 0 Å². The van der Waals surface area contributed by atoms with Gasteiger partial charge < -0.3 is 5.32 Å². The Morgan fingerprint density at radius 3 is 2.50 bits per heavy atom. The predicted molar refractivity (Wildman–Crippen MR) is 84.2 cm³/mol. The van der Waals surface area contributed by atoms with E-state index in [0.717, 1.165) is 14.5 Å². The van der Waals surface area contributed by atoms with E-state index in [1.807, 2.05) is 24.3 Å². The van der Waals surface area contributed by atoms with Crippen LogP contribution in [0, 0.1) is 11.3 Å². The lowest BCUT2D eigenvalue weighted by molar-refractivity contribution is 0.0950. The van der Waals surface area contributed by atoms with Crippen LogP contribution in [-0.4, -0.2) is 5.91 Å². The average molecular weight is 394 g/mol. The molecular weight excluding hydrogens is 384 g/mol. The summed E-state index contributed by atoms with van der Waals surface area (Å²) in [6, 6.07) is 14.6. The fourth-order valence-electron chi connectivity index (χ4n) is 1.65. The first kappa shape index (κ1) is 14.8. The molecule has 0 aromatic heterocycles. The number of carbonyl (C=O) groups is 1. The first-order valence-corrected chi connectivity index (χ1v) is 7.41. The van der Waals surface area contributed by atoms with Gasteiger partial charge in [-0.2, -0.15) is 5.26 Å². The lowest BCUT2D eigenvalue weighted by Crippen LogP contribution is -2.23. The van der Waals surface area contributed by atoms with Gasteiger partial charge in [-0.25, -0.2) is 0 Å². The van der Waals surface area contributed by atoms with Crippen LogP contribution in [0.25, 0.3) is 0 Å². The summed E-state index contributed by atoms with van der Waals surface area (Å²) in [6.07, 6.45) is 0. The predicted octanol–water partition coefficient (Wildman–Crippen LogP) is 4.01. The van der Waals surface area contributed by atoms with Gasteiger partial charge in [-0.3, -0.25) is 4.79 Å². The van der Waals surface area contributed by atoms with Gasteiger partial charge in [-0.1, -0.05) is 28.1 Å². The Bertz CT molecular complexity index is 675. The number of hydrogen-bond acceptors (Lipinski definition) is 2. The molecule has 0 aliphatic carbocycles. The van der Waals surface area contributed by atoms with Crippen molar-refractivity contribution in [1.82, 2.24) is 5.32 Å². The number of carbonyl (C=O) groups excluding carboxylic acids is 1. The maximum atomic E-state index is 12.1. The van der Waals surface area contributed by atoms with Gasteiger partial charge in [0.05, 0.1) is 17.2 Å². The van der Waals surface area contributed by atoms with Crippen molar-refractivity contribution in [2.75, 3.05) is 0 Å². The molecule has 0 bridgehead atoms. The number of hydrogen-bond donors (Lipinski definition) is 1. The van der Waals surface area contributed by atoms with Crippen LogP contribution >= 0.6 is 31.9 Å². The van der Waals surface area contributed by atoms with Crippen molar-refractivity contribution in [3.05, 3.63) is 68.1 Å². The summed E-state index contributed by atoms with van der Waals surface area (Å²) in [5, 5.41) is 11.6. The summed E-state index contributed by atoms with van der Waals surface area (Å²) in [5.41, 5.74) is 2.13. The molecule has 0 saturated heterocycles. The fourth-order valence-corrected chi connectivity index (χ4v) is 2.43. The van der Waals surface area contributed by atoms with E-state index in [1.165, 1.54) is 0 Å². The van der Waals surface area contributed by atoms with Crippen LogP contribution in [0.4, 0.5) is 0 Å². The molecule has 1 N–H and O–H groups in total. The summed E-state index contributed by atoms with van der Waals surface area (Å²) < 4.78 is 1.60. The summed E-state index contributed by atoms with van der Waals surface area (Å²) in [7, 11) is 0. The quantitative estimate of drug-likeness (QED) is 0.856. The number of rotatable bonds is 3. The zero-order valence-corrected chi connectivity index (χ0v) is 13.5. The number of benzene rings is 2. The number of amides is 1. The molecule has 0 atom stereocenters. The molecule has 0 unspecified atom stereocenters. The molecule has 2 aromatic rings. The lowest BCUT2D eigenvalue weighted by atomic mass is 10.1. The minimum absolute atomic E-state index is 0.150. The third-order valence-corrected chi connectivity index (χ3v) is 3.89. The SMILES string of the molecule is N#Cc1ccc(CNC(=O)c2cc(Br)ccc2Br)cc1. The van der Waals surface area contributed by atoms with Gasteiger partial charge in [0, 0.05) is 15.5 Å². The second kappa shape index (κ2) is 6.69. The van der Waals surface area contributed by atoms with E-state index in [-0.39, 0.29) is 5.91 Å². The molecule has 2 aromatic carbocycles. The second-order valence-electron chi connectivity index (χ2n) is 4.12. The third kappa shape index (κ3) is 3.69. The first-order chi connectivity index (χ1) is 9.60. The van der Waals surface area contributed by atoms with Crippen LogP contribution in [0.15, 0.2) is 51.4 Å². The first-order valence-electron chi connectivity index (χ1n) is 5.82. The second-order valence-corrected chi connectivity index (χ2v) is 5.89. The summed E-state index contributed by atoms with van der Waals surface area (Å²) in [4.78, 5) is 12.1. The van der Waals surface area contributed by atoms with Crippen LogP contribution < -0.4 is 5.32 Å². The number of nitrogens with one attached hydrogen (secondary N) is 1. The lowest BCUT2D eigenvalue weighted by Gasteiger charge is -2.07. The highest BCUT2D eigenvalue weighted by Crippen LogP contribution is 2.21. The van der Waals surface area contributed by atoms with Crippen LogP contribution in [0.2, 0.25) is 0 Å². The number of halogens is 2. The molecule has 1 amide bonds. The molecule has 5 heteroatoms. The number of nitrogens with zero attached hydrogens (tertiary/aromatic N) is 1. The standard InChI is InChI=1S/C15H10Br2N2O/c16-12-5-6-14(17)13(7-12)15(20)19-9-11-3-1-10(8-18)2-4-11/h1-7H,9H2,(H,19,20). The Hall–Kier alpha value is -1.64. The van der Waals surface area contributed by atoms with Gasteiger partial charge in [-0.15, -0.1) is 0 Å². The number of nitriles is 1. The van der Waals surface area contributed by atoms with E-state index in [0.29, 0.717) is 17.7 Å². The van der Waals surface area contributed by atoms with Crippen molar-refractivity contribution in [2.45, 2.75) is 6.54 Å². The highest BCUT2D eigenvalue weighted by atomic mass is 79.9. The highest BCUT2D eigenvalue weighted by molar-refractivity contribution is 9.11. The van der Waals surface area contributed by atoms with Crippen molar-refractivity contribution >= 4 is 37.8 Å². The van der Waals surface area contributed by atoms with Crippen LogP contribution in [0.1, 0.15) is 21.5 Å². The van der Waals surface area contributed by atoms with Crippen molar-refractivity contribution in [3.63, 3.8) is 0 Å². The smallest absolute Gasteiger partial charge is 0.252 e. The van der Waals surface area contributed by atoms with Crippen LogP contribution in [0.3, 0.4) is 0 Å². The summed E-state index contributed by atoms with van der Waals surface area (Å²) >= 11 is 6.70. The van der Waals surface area contributed by atoms with E-state index in [9.17, 15) is 4.79 Å². The van der Waals surface area contributed by atoms with Gasteiger partial charge in [0.1, 0.15) is 0 Å². The molecule has 20 heavy (non-hydrogen) atoms. The van der Waals surface area contributed by atoms with Crippen molar-refractivity contribution in [2.24, 2.45) is 0 Å². The van der Waals surface area contributed by atoms with E-state index in [1.54, 1.807) is 18.2 Å². The van der Waals surface area contributed by atoms with Gasteiger partial charge in [0.15, 0.2) is 0 Å². The molecule has 0 saturated carbocycles. The van der Waals surface area contributed by atoms with Crippen molar-refractivity contribution in [3.8, 4) is 6.07 Å². The fraction of sp³-hybridized carbons (Fsp3) is 0.0667. The van der Waals surface area contributed by atoms with Gasteiger partial charge in [0.25, 0.3) is 5.91 Å². The van der Waals surface area contributed by atoms with E-state index in [4.69, 9.17) is 5.26 Å². The molecule has 3 nitrogen and oxygen atoms in total. The molecule has 0 heterocycles. The minimum Gasteiger partial charge on any atom is -0.348 e.